The van der Waals surface area contributed by atoms with Crippen molar-refractivity contribution < 1.29 is 27.9 Å². The topological polar surface area (TPSA) is 174 Å². The molecule has 2 atom stereocenters. The average Bonchev–Trinajstić information content (AvgIpc) is 2.96. The van der Waals surface area contributed by atoms with E-state index in [9.17, 15) is 27.9 Å². The fraction of sp³-hybridized carbons (Fsp3) is 0.500. The molecule has 224 valence electrons. The molecule has 1 saturated heterocycles. The van der Waals surface area contributed by atoms with E-state index in [1.54, 1.807) is 24.5 Å². The van der Waals surface area contributed by atoms with E-state index in [4.69, 9.17) is 5.84 Å². The van der Waals surface area contributed by atoms with Gasteiger partial charge in [0.15, 0.2) is 6.17 Å². The third kappa shape index (κ3) is 9.42. The van der Waals surface area contributed by atoms with Crippen LogP contribution >= 0.6 is 0 Å². The molecule has 0 bridgehead atoms. The van der Waals surface area contributed by atoms with E-state index in [1.807, 2.05) is 24.0 Å². The molecule has 0 radical (unpaired) electrons. The van der Waals surface area contributed by atoms with Crippen LogP contribution in [-0.2, 0) is 24.4 Å². The Kier molecular flexibility index (Phi) is 11.9. The van der Waals surface area contributed by atoms with Gasteiger partial charge in [-0.25, -0.2) is 13.2 Å². The second kappa shape index (κ2) is 15.3. The van der Waals surface area contributed by atoms with E-state index in [-0.39, 0.29) is 36.1 Å². The second-order valence-electron chi connectivity index (χ2n) is 10.2. The van der Waals surface area contributed by atoms with Gasteiger partial charge >= 0.3 is 5.97 Å². The summed E-state index contributed by atoms with van der Waals surface area (Å²) in [6.07, 6.45) is 3.27. The molecule has 1 aliphatic rings. The number of hydrogen-bond acceptors (Lipinski definition) is 7. The lowest BCUT2D eigenvalue weighted by Gasteiger charge is -2.31. The molecule has 0 aromatic heterocycles. The van der Waals surface area contributed by atoms with Crippen LogP contribution in [0.25, 0.3) is 10.8 Å². The number of carbonyl (C=O) groups is 3. The Labute approximate surface area is 241 Å². The summed E-state index contributed by atoms with van der Waals surface area (Å²) >= 11 is 0. The van der Waals surface area contributed by atoms with Gasteiger partial charge in [0.2, 0.25) is 21.8 Å². The van der Waals surface area contributed by atoms with Crippen LogP contribution in [0.15, 0.2) is 52.5 Å². The van der Waals surface area contributed by atoms with Crippen molar-refractivity contribution >= 4 is 44.9 Å². The van der Waals surface area contributed by atoms with Crippen LogP contribution in [-0.4, -0.2) is 79.8 Å². The van der Waals surface area contributed by atoms with Gasteiger partial charge in [0, 0.05) is 39.0 Å². The number of hydrazone groups is 1. The number of likely N-dealkylation sites (tertiary alicyclic amines) is 1. The zero-order valence-electron chi connectivity index (χ0n) is 23.4. The molecule has 1 aliphatic heterocycles. The molecule has 41 heavy (non-hydrogen) atoms. The Hall–Kier alpha value is -3.71. The summed E-state index contributed by atoms with van der Waals surface area (Å²) in [4.78, 5) is 40.9. The zero-order chi connectivity index (χ0) is 29.8. The van der Waals surface area contributed by atoms with Crippen molar-refractivity contribution in [3.05, 3.63) is 42.5 Å². The fourth-order valence-electron chi connectivity index (χ4n) is 4.90. The number of carboxylic acid groups (broad SMARTS) is 1. The van der Waals surface area contributed by atoms with E-state index >= 15 is 0 Å². The Morgan fingerprint density at radius 3 is 2.63 bits per heavy atom. The van der Waals surface area contributed by atoms with E-state index < -0.39 is 28.1 Å². The van der Waals surface area contributed by atoms with Crippen molar-refractivity contribution in [1.29, 1.82) is 0 Å². The molecule has 3 rings (SSSR count). The largest absolute Gasteiger partial charge is 0.479 e. The predicted octanol–water partition coefficient (Wildman–Crippen LogP) is 2.06. The van der Waals surface area contributed by atoms with E-state index in [0.29, 0.717) is 24.9 Å². The number of benzene rings is 2. The minimum absolute atomic E-state index is 0.0338. The molecule has 1 heterocycles. The van der Waals surface area contributed by atoms with Crippen LogP contribution in [0.4, 0.5) is 0 Å². The molecule has 12 nitrogen and oxygen atoms in total. The standard InChI is InChI=1S/C28H40N6O6S/c1-2-3-6-16-34(26(36)14-13-25(35)30-18-21-8-7-15-33(19-21)20-31-29)27(28(37)38)32-41(39,40)24-12-11-22-9-4-5-10-23(22)17-24/h4-5,9-12,17,20-21,27,32H,2-3,6-8,13-16,18-19,29H2,1H3,(H,30,35)(H,37,38)/t21-,27+/m0/s1. The van der Waals surface area contributed by atoms with Crippen molar-refractivity contribution in [3.63, 3.8) is 0 Å². The highest BCUT2D eigenvalue weighted by molar-refractivity contribution is 7.89. The van der Waals surface area contributed by atoms with Crippen LogP contribution < -0.4 is 15.9 Å². The molecular formula is C28H40N6O6S. The number of fused-ring (bicyclic) bond motifs is 1. The second-order valence-corrected chi connectivity index (χ2v) is 12.0. The number of carbonyl (C=O) groups excluding carboxylic acids is 2. The predicted molar refractivity (Wildman–Crippen MR) is 156 cm³/mol. The molecule has 0 spiro atoms. The molecule has 5 N–H and O–H groups in total. The molecule has 2 aromatic rings. The summed E-state index contributed by atoms with van der Waals surface area (Å²) in [6.45, 7) is 3.99. The number of hydrogen-bond donors (Lipinski definition) is 4. The van der Waals surface area contributed by atoms with Crippen LogP contribution in [0, 0.1) is 5.92 Å². The zero-order valence-corrected chi connectivity index (χ0v) is 24.2. The Balaban J connectivity index is 1.66. The van der Waals surface area contributed by atoms with Gasteiger partial charge in [-0.1, -0.05) is 50.1 Å². The van der Waals surface area contributed by atoms with Gasteiger partial charge in [-0.15, -0.1) is 0 Å². The fourth-order valence-corrected chi connectivity index (χ4v) is 6.09. The third-order valence-electron chi connectivity index (χ3n) is 7.10. The molecule has 2 aromatic carbocycles. The molecule has 0 saturated carbocycles. The normalized spacial score (nSPS) is 16.5. The molecule has 0 aliphatic carbocycles. The minimum Gasteiger partial charge on any atom is -0.479 e. The van der Waals surface area contributed by atoms with Crippen molar-refractivity contribution in [2.24, 2.45) is 16.9 Å². The number of nitrogens with one attached hydrogen (secondary N) is 2. The average molecular weight is 589 g/mol. The number of nitrogens with two attached hydrogens (primary N) is 1. The van der Waals surface area contributed by atoms with Crippen molar-refractivity contribution in [3.8, 4) is 0 Å². The lowest BCUT2D eigenvalue weighted by molar-refractivity contribution is -0.151. The maximum absolute atomic E-state index is 13.2. The highest BCUT2D eigenvalue weighted by Crippen LogP contribution is 2.20. The summed E-state index contributed by atoms with van der Waals surface area (Å²) in [5.41, 5.74) is 0. The van der Waals surface area contributed by atoms with E-state index in [2.05, 4.69) is 15.1 Å². The first-order chi connectivity index (χ1) is 19.6. The number of carboxylic acids is 1. The lowest BCUT2D eigenvalue weighted by Crippen LogP contribution is -2.55. The van der Waals surface area contributed by atoms with Gasteiger partial charge in [0.25, 0.3) is 0 Å². The first kappa shape index (κ1) is 31.8. The van der Waals surface area contributed by atoms with Crippen LogP contribution in [0.5, 0.6) is 0 Å². The molecule has 13 heteroatoms. The summed E-state index contributed by atoms with van der Waals surface area (Å²) in [7, 11) is -4.29. The molecule has 2 amide bonds. The minimum atomic E-state index is -4.29. The molecule has 1 fully saturated rings. The summed E-state index contributed by atoms with van der Waals surface area (Å²) in [5.74, 6) is 2.99. The quantitative estimate of drug-likeness (QED) is 0.0611. The number of rotatable bonds is 15. The summed E-state index contributed by atoms with van der Waals surface area (Å²) < 4.78 is 28.6. The number of piperidine rings is 1. The SMILES string of the molecule is CCCCCN(C(=O)CCC(=O)NC[C@@H]1CCCN(C=NN)C1)[C@@H](NS(=O)(=O)c1ccc2ccccc2c1)C(=O)O. The Bertz CT molecular complexity index is 1330. The Morgan fingerprint density at radius 2 is 1.93 bits per heavy atom. The van der Waals surface area contributed by atoms with E-state index in [1.165, 1.54) is 12.1 Å². The first-order valence-electron chi connectivity index (χ1n) is 13.9. The number of unbranched alkanes of at least 4 members (excludes halogenated alkanes) is 2. The number of amides is 2. The van der Waals surface area contributed by atoms with Crippen LogP contribution in [0.1, 0.15) is 51.9 Å². The monoisotopic (exact) mass is 588 g/mol. The number of aliphatic carboxylic acids is 1. The summed E-state index contributed by atoms with van der Waals surface area (Å²) in [6, 6.07) is 11.7. The van der Waals surface area contributed by atoms with Crippen molar-refractivity contribution in [2.45, 2.75) is 62.9 Å². The maximum Gasteiger partial charge on any atom is 0.342 e. The maximum atomic E-state index is 13.2. The third-order valence-corrected chi connectivity index (χ3v) is 8.51. The van der Waals surface area contributed by atoms with Gasteiger partial charge in [-0.3, -0.25) is 9.59 Å². The van der Waals surface area contributed by atoms with Crippen molar-refractivity contribution in [1.82, 2.24) is 19.8 Å². The van der Waals surface area contributed by atoms with Gasteiger partial charge in [-0.05, 0) is 48.1 Å². The number of nitrogens with zero attached hydrogens (tertiary/aromatic N) is 3. The van der Waals surface area contributed by atoms with Gasteiger partial charge < -0.3 is 26.1 Å². The highest BCUT2D eigenvalue weighted by Gasteiger charge is 2.34. The van der Waals surface area contributed by atoms with Crippen LogP contribution in [0.2, 0.25) is 0 Å². The summed E-state index contributed by atoms with van der Waals surface area (Å²) in [5, 5.41) is 17.9. The van der Waals surface area contributed by atoms with Gasteiger partial charge in [0.1, 0.15) is 6.34 Å². The van der Waals surface area contributed by atoms with Gasteiger partial charge in [-0.2, -0.15) is 9.82 Å². The lowest BCUT2D eigenvalue weighted by atomic mass is 9.98. The van der Waals surface area contributed by atoms with E-state index in [0.717, 1.165) is 42.5 Å². The first-order valence-corrected chi connectivity index (χ1v) is 15.4. The highest BCUT2D eigenvalue weighted by atomic mass is 32.2. The Morgan fingerprint density at radius 1 is 1.17 bits per heavy atom. The molecule has 0 unspecified atom stereocenters. The van der Waals surface area contributed by atoms with Gasteiger partial charge in [0.05, 0.1) is 4.90 Å². The molecular weight excluding hydrogens is 548 g/mol. The number of sulfonamides is 1. The van der Waals surface area contributed by atoms with Crippen LogP contribution in [0.3, 0.4) is 0 Å². The smallest absolute Gasteiger partial charge is 0.342 e. The van der Waals surface area contributed by atoms with Crippen molar-refractivity contribution in [2.75, 3.05) is 26.2 Å².